The smallest absolute Gasteiger partial charge is 0.308 e. The van der Waals surface area contributed by atoms with Gasteiger partial charge in [-0.2, -0.15) is 0 Å². The van der Waals surface area contributed by atoms with Gasteiger partial charge in [0.25, 0.3) is 5.91 Å². The van der Waals surface area contributed by atoms with Gasteiger partial charge in [-0.1, -0.05) is 48.5 Å². The van der Waals surface area contributed by atoms with E-state index < -0.39 is 5.91 Å². The van der Waals surface area contributed by atoms with Crippen molar-refractivity contribution >= 4 is 17.6 Å². The highest BCUT2D eigenvalue weighted by Crippen LogP contribution is 2.49. The third-order valence-electron chi connectivity index (χ3n) is 5.80. The molecule has 2 aliphatic rings. The van der Waals surface area contributed by atoms with E-state index in [1.54, 1.807) is 4.90 Å². The van der Waals surface area contributed by atoms with Crippen LogP contribution in [0.15, 0.2) is 72.0 Å². The van der Waals surface area contributed by atoms with Crippen molar-refractivity contribution in [2.75, 3.05) is 12.0 Å². The van der Waals surface area contributed by atoms with Crippen LogP contribution in [0.5, 0.6) is 0 Å². The third-order valence-corrected chi connectivity index (χ3v) is 5.80. The second-order valence-corrected chi connectivity index (χ2v) is 7.36. The first-order valence-electron chi connectivity index (χ1n) is 9.56. The fraction of sp³-hybridized carbons (Fsp3) is 0.304. The lowest BCUT2D eigenvalue weighted by molar-refractivity contribution is -0.145. The number of para-hydroxylation sites is 1. The molecule has 3 unspecified atom stereocenters. The number of benzene rings is 2. The molecule has 5 heteroatoms. The molecule has 2 aromatic carbocycles. The van der Waals surface area contributed by atoms with Crippen molar-refractivity contribution in [3.63, 3.8) is 0 Å². The molecular weight excluding hydrogens is 354 g/mol. The highest BCUT2D eigenvalue weighted by Gasteiger charge is 2.46. The van der Waals surface area contributed by atoms with E-state index in [0.717, 1.165) is 17.7 Å². The molecule has 0 aromatic heterocycles. The van der Waals surface area contributed by atoms with Crippen LogP contribution in [0.1, 0.15) is 30.9 Å². The van der Waals surface area contributed by atoms with E-state index in [1.165, 1.54) is 7.11 Å². The quantitative estimate of drug-likeness (QED) is 0.812. The number of hydrogen-bond donors (Lipinski definition) is 1. The van der Waals surface area contributed by atoms with Gasteiger partial charge in [0.05, 0.1) is 19.1 Å². The SMILES string of the molecule is COC(=O)C1CCC(C2=C(O)C(=O)N(c3ccccc3)C2c2ccccc2)C1. The molecule has 5 nitrogen and oxygen atoms in total. The van der Waals surface area contributed by atoms with Crippen LogP contribution in [0, 0.1) is 11.8 Å². The molecule has 144 valence electrons. The fourth-order valence-corrected chi connectivity index (χ4v) is 4.50. The summed E-state index contributed by atoms with van der Waals surface area (Å²) in [6.07, 6.45) is 2.04. The van der Waals surface area contributed by atoms with Crippen LogP contribution in [-0.2, 0) is 14.3 Å². The van der Waals surface area contributed by atoms with Crippen LogP contribution in [0.2, 0.25) is 0 Å². The van der Waals surface area contributed by atoms with Crippen molar-refractivity contribution < 1.29 is 19.4 Å². The number of aliphatic hydroxyl groups is 1. The number of ether oxygens (including phenoxy) is 1. The van der Waals surface area contributed by atoms with Gasteiger partial charge in [0.2, 0.25) is 0 Å². The van der Waals surface area contributed by atoms with Gasteiger partial charge in [0.1, 0.15) is 0 Å². The zero-order chi connectivity index (χ0) is 19.7. The van der Waals surface area contributed by atoms with Gasteiger partial charge >= 0.3 is 5.97 Å². The van der Waals surface area contributed by atoms with Crippen LogP contribution in [-0.4, -0.2) is 24.1 Å². The maximum Gasteiger partial charge on any atom is 0.308 e. The van der Waals surface area contributed by atoms with Crippen molar-refractivity contribution in [2.45, 2.75) is 25.3 Å². The molecule has 28 heavy (non-hydrogen) atoms. The van der Waals surface area contributed by atoms with Gasteiger partial charge in [0, 0.05) is 11.3 Å². The van der Waals surface area contributed by atoms with E-state index in [0.29, 0.717) is 18.4 Å². The molecular formula is C23H23NO4. The highest BCUT2D eigenvalue weighted by atomic mass is 16.5. The minimum absolute atomic E-state index is 0.0352. The molecule has 0 saturated heterocycles. The Labute approximate surface area is 164 Å². The summed E-state index contributed by atoms with van der Waals surface area (Å²) in [5, 5.41) is 10.8. The predicted octanol–water partition coefficient (Wildman–Crippen LogP) is 4.18. The van der Waals surface area contributed by atoms with Gasteiger partial charge in [-0.15, -0.1) is 0 Å². The maximum absolute atomic E-state index is 13.1. The van der Waals surface area contributed by atoms with E-state index in [2.05, 4.69) is 0 Å². The summed E-state index contributed by atoms with van der Waals surface area (Å²) in [7, 11) is 1.40. The molecule has 1 fully saturated rings. The normalized spacial score (nSPS) is 24.7. The second-order valence-electron chi connectivity index (χ2n) is 7.36. The summed E-state index contributed by atoms with van der Waals surface area (Å²) in [5.41, 5.74) is 2.40. The standard InChI is InChI=1S/C23H23NO4/c1-28-23(27)17-13-12-16(14-17)19-20(15-8-4-2-5-9-15)24(22(26)21(19)25)18-10-6-3-7-11-18/h2-11,16-17,20,25H,12-14H2,1H3. The Bertz CT molecular complexity index is 907. The monoisotopic (exact) mass is 377 g/mol. The van der Waals surface area contributed by atoms with E-state index >= 15 is 0 Å². The minimum Gasteiger partial charge on any atom is -0.503 e. The number of nitrogens with zero attached hydrogens (tertiary/aromatic N) is 1. The Morgan fingerprint density at radius 1 is 1.04 bits per heavy atom. The van der Waals surface area contributed by atoms with Crippen LogP contribution < -0.4 is 4.90 Å². The van der Waals surface area contributed by atoms with Crippen molar-refractivity contribution in [1.29, 1.82) is 0 Å². The number of methoxy groups -OCH3 is 1. The van der Waals surface area contributed by atoms with Crippen LogP contribution in [0.25, 0.3) is 0 Å². The largest absolute Gasteiger partial charge is 0.503 e. The number of carbonyl (C=O) groups is 2. The lowest BCUT2D eigenvalue weighted by atomic mass is 9.87. The van der Waals surface area contributed by atoms with Crippen molar-refractivity contribution in [3.8, 4) is 0 Å². The number of carbonyl (C=O) groups excluding carboxylic acids is 2. The number of esters is 1. The van der Waals surface area contributed by atoms with Crippen molar-refractivity contribution in [3.05, 3.63) is 77.6 Å². The topological polar surface area (TPSA) is 66.8 Å². The molecule has 1 aliphatic carbocycles. The first-order chi connectivity index (χ1) is 13.6. The second kappa shape index (κ2) is 7.50. The van der Waals surface area contributed by atoms with Crippen LogP contribution >= 0.6 is 0 Å². The summed E-state index contributed by atoms with van der Waals surface area (Å²) >= 11 is 0. The molecule has 2 aromatic rings. The molecule has 0 radical (unpaired) electrons. The molecule has 1 aliphatic heterocycles. The molecule has 1 heterocycles. The summed E-state index contributed by atoms with van der Waals surface area (Å²) in [5.74, 6) is -1.02. The summed E-state index contributed by atoms with van der Waals surface area (Å²) in [6.45, 7) is 0. The maximum atomic E-state index is 13.1. The fourth-order valence-electron chi connectivity index (χ4n) is 4.50. The average Bonchev–Trinajstić information content (AvgIpc) is 3.32. The van der Waals surface area contributed by atoms with Gasteiger partial charge in [-0.25, -0.2) is 0 Å². The van der Waals surface area contributed by atoms with Crippen molar-refractivity contribution in [1.82, 2.24) is 0 Å². The lowest BCUT2D eigenvalue weighted by Crippen LogP contribution is -2.30. The Morgan fingerprint density at radius 2 is 1.68 bits per heavy atom. The summed E-state index contributed by atoms with van der Waals surface area (Å²) in [6, 6.07) is 18.8. The number of anilines is 1. The van der Waals surface area contributed by atoms with Crippen molar-refractivity contribution in [2.24, 2.45) is 11.8 Å². The number of aliphatic hydroxyl groups excluding tert-OH is 1. The summed E-state index contributed by atoms with van der Waals surface area (Å²) in [4.78, 5) is 26.7. The molecule has 1 N–H and O–H groups in total. The van der Waals surface area contributed by atoms with Gasteiger partial charge in [-0.05, 0) is 42.9 Å². The Hall–Kier alpha value is -3.08. The zero-order valence-electron chi connectivity index (χ0n) is 15.7. The lowest BCUT2D eigenvalue weighted by Gasteiger charge is -2.29. The number of hydrogen-bond acceptors (Lipinski definition) is 4. The molecule has 4 rings (SSSR count). The first kappa shape index (κ1) is 18.3. The van der Waals surface area contributed by atoms with Gasteiger partial charge in [-0.3, -0.25) is 14.5 Å². The predicted molar refractivity (Wildman–Crippen MR) is 106 cm³/mol. The Morgan fingerprint density at radius 3 is 2.32 bits per heavy atom. The average molecular weight is 377 g/mol. The molecule has 1 saturated carbocycles. The van der Waals surface area contributed by atoms with E-state index in [-0.39, 0.29) is 29.6 Å². The highest BCUT2D eigenvalue weighted by molar-refractivity contribution is 6.08. The number of rotatable bonds is 4. The van der Waals surface area contributed by atoms with E-state index in [1.807, 2.05) is 60.7 Å². The summed E-state index contributed by atoms with van der Waals surface area (Å²) < 4.78 is 4.90. The van der Waals surface area contributed by atoms with Gasteiger partial charge < -0.3 is 9.84 Å². The Balaban J connectivity index is 1.75. The first-order valence-corrected chi connectivity index (χ1v) is 9.56. The zero-order valence-corrected chi connectivity index (χ0v) is 15.7. The number of amides is 1. The van der Waals surface area contributed by atoms with E-state index in [4.69, 9.17) is 4.74 Å². The van der Waals surface area contributed by atoms with E-state index in [9.17, 15) is 14.7 Å². The third kappa shape index (κ3) is 3.07. The molecule has 1 amide bonds. The Kier molecular flexibility index (Phi) is 4.90. The van der Waals surface area contributed by atoms with Crippen LogP contribution in [0.4, 0.5) is 5.69 Å². The molecule has 0 bridgehead atoms. The van der Waals surface area contributed by atoms with Crippen LogP contribution in [0.3, 0.4) is 0 Å². The molecule has 0 spiro atoms. The van der Waals surface area contributed by atoms with Gasteiger partial charge in [0.15, 0.2) is 5.76 Å². The minimum atomic E-state index is -0.392. The molecule has 3 atom stereocenters.